The fourth-order valence-electron chi connectivity index (χ4n) is 2.09. The quantitative estimate of drug-likeness (QED) is 0.507. The third-order valence-electron chi connectivity index (χ3n) is 2.89. The lowest BCUT2D eigenvalue weighted by Gasteiger charge is -2.22. The van der Waals surface area contributed by atoms with Gasteiger partial charge in [0, 0.05) is 25.8 Å². The molecule has 0 unspecified atom stereocenters. The zero-order chi connectivity index (χ0) is 11.4. The highest BCUT2D eigenvalue weighted by Gasteiger charge is 2.21. The maximum Gasteiger partial charge on any atom is 0.198 e. The molecule has 1 aliphatic heterocycles. The Kier molecular flexibility index (Phi) is 5.74. The van der Waals surface area contributed by atoms with Crippen molar-refractivity contribution >= 4 is 35.6 Å². The molecule has 0 amide bonds. The SMILES string of the molecule is CCCNC(=NC)N1CCc2ccccc21.I. The van der Waals surface area contributed by atoms with Gasteiger partial charge in [-0.05, 0) is 24.5 Å². The van der Waals surface area contributed by atoms with Crippen molar-refractivity contribution in [1.82, 2.24) is 5.32 Å². The zero-order valence-corrected chi connectivity index (χ0v) is 12.8. The highest BCUT2D eigenvalue weighted by atomic mass is 127. The van der Waals surface area contributed by atoms with Gasteiger partial charge in [0.05, 0.1) is 0 Å². The van der Waals surface area contributed by atoms with E-state index in [2.05, 4.69) is 46.4 Å². The number of hydrogen-bond acceptors (Lipinski definition) is 1. The molecule has 0 saturated carbocycles. The lowest BCUT2D eigenvalue weighted by molar-refractivity contribution is 0.816. The Morgan fingerprint density at radius 3 is 2.88 bits per heavy atom. The van der Waals surface area contributed by atoms with E-state index in [1.807, 2.05) is 7.05 Å². The Balaban J connectivity index is 0.00000144. The van der Waals surface area contributed by atoms with Gasteiger partial charge in [-0.2, -0.15) is 0 Å². The summed E-state index contributed by atoms with van der Waals surface area (Å²) in [6.07, 6.45) is 2.23. The summed E-state index contributed by atoms with van der Waals surface area (Å²) in [4.78, 5) is 6.61. The highest BCUT2D eigenvalue weighted by molar-refractivity contribution is 14.0. The van der Waals surface area contributed by atoms with E-state index in [0.717, 1.165) is 31.9 Å². The molecule has 0 saturated heterocycles. The van der Waals surface area contributed by atoms with Crippen LogP contribution in [-0.4, -0.2) is 26.1 Å². The zero-order valence-electron chi connectivity index (χ0n) is 10.4. The first-order valence-electron chi connectivity index (χ1n) is 5.93. The number of halogens is 1. The number of rotatable bonds is 2. The van der Waals surface area contributed by atoms with Gasteiger partial charge in [-0.25, -0.2) is 0 Å². The molecule has 1 N–H and O–H groups in total. The molecule has 1 aliphatic rings. The third kappa shape index (κ3) is 3.12. The van der Waals surface area contributed by atoms with Crippen LogP contribution in [0.25, 0.3) is 0 Å². The Morgan fingerprint density at radius 2 is 2.18 bits per heavy atom. The van der Waals surface area contributed by atoms with Gasteiger partial charge in [-0.1, -0.05) is 25.1 Å². The second kappa shape index (κ2) is 6.83. The molecule has 0 aliphatic carbocycles. The van der Waals surface area contributed by atoms with E-state index in [1.165, 1.54) is 11.3 Å². The highest BCUT2D eigenvalue weighted by Crippen LogP contribution is 2.27. The first kappa shape index (κ1) is 14.3. The minimum atomic E-state index is 0. The number of anilines is 1. The van der Waals surface area contributed by atoms with Gasteiger partial charge in [-0.15, -0.1) is 24.0 Å². The minimum Gasteiger partial charge on any atom is -0.356 e. The number of benzene rings is 1. The Bertz CT molecular complexity index is 390. The van der Waals surface area contributed by atoms with Crippen molar-refractivity contribution in [3.05, 3.63) is 29.8 Å². The summed E-state index contributed by atoms with van der Waals surface area (Å²) in [6, 6.07) is 8.55. The van der Waals surface area contributed by atoms with Crippen molar-refractivity contribution in [3.8, 4) is 0 Å². The molecule has 2 rings (SSSR count). The van der Waals surface area contributed by atoms with Gasteiger partial charge >= 0.3 is 0 Å². The van der Waals surface area contributed by atoms with Gasteiger partial charge < -0.3 is 10.2 Å². The van der Waals surface area contributed by atoms with E-state index in [1.54, 1.807) is 0 Å². The molecule has 1 aromatic rings. The average Bonchev–Trinajstić information content (AvgIpc) is 2.75. The number of para-hydroxylation sites is 1. The average molecular weight is 345 g/mol. The molecule has 0 radical (unpaired) electrons. The van der Waals surface area contributed by atoms with Crippen molar-refractivity contribution in [2.24, 2.45) is 4.99 Å². The van der Waals surface area contributed by atoms with Crippen molar-refractivity contribution in [1.29, 1.82) is 0 Å². The van der Waals surface area contributed by atoms with Gasteiger partial charge in [0.15, 0.2) is 5.96 Å². The first-order valence-corrected chi connectivity index (χ1v) is 5.93. The number of guanidine groups is 1. The molecule has 0 atom stereocenters. The summed E-state index contributed by atoms with van der Waals surface area (Å²) in [5.41, 5.74) is 2.72. The molecular formula is C13H20IN3. The monoisotopic (exact) mass is 345 g/mol. The Hall–Kier alpha value is -0.780. The van der Waals surface area contributed by atoms with Gasteiger partial charge in [0.25, 0.3) is 0 Å². The summed E-state index contributed by atoms with van der Waals surface area (Å²) in [5.74, 6) is 0.992. The molecule has 1 aromatic carbocycles. The number of hydrogen-bond donors (Lipinski definition) is 1. The van der Waals surface area contributed by atoms with Crippen LogP contribution in [0.2, 0.25) is 0 Å². The predicted octanol–water partition coefficient (Wildman–Crippen LogP) is 2.65. The molecule has 4 heteroatoms. The summed E-state index contributed by atoms with van der Waals surface area (Å²) >= 11 is 0. The second-order valence-corrected chi connectivity index (χ2v) is 4.00. The van der Waals surface area contributed by atoms with E-state index < -0.39 is 0 Å². The third-order valence-corrected chi connectivity index (χ3v) is 2.89. The van der Waals surface area contributed by atoms with Crippen LogP contribution in [0.3, 0.4) is 0 Å². The maximum atomic E-state index is 4.34. The normalized spacial score (nSPS) is 14.2. The van der Waals surface area contributed by atoms with Crippen LogP contribution >= 0.6 is 24.0 Å². The molecule has 0 spiro atoms. The van der Waals surface area contributed by atoms with Crippen LogP contribution in [0, 0.1) is 0 Å². The van der Waals surface area contributed by atoms with Gasteiger partial charge in [0.1, 0.15) is 0 Å². The molecule has 94 valence electrons. The van der Waals surface area contributed by atoms with E-state index >= 15 is 0 Å². The predicted molar refractivity (Wildman–Crippen MR) is 84.6 cm³/mol. The second-order valence-electron chi connectivity index (χ2n) is 4.00. The molecule has 0 bridgehead atoms. The number of nitrogens with one attached hydrogen (secondary N) is 1. The fraction of sp³-hybridized carbons (Fsp3) is 0.462. The lowest BCUT2D eigenvalue weighted by Crippen LogP contribution is -2.40. The number of nitrogens with zero attached hydrogens (tertiary/aromatic N) is 2. The minimum absolute atomic E-state index is 0. The topological polar surface area (TPSA) is 27.6 Å². The van der Waals surface area contributed by atoms with E-state index in [4.69, 9.17) is 0 Å². The van der Waals surface area contributed by atoms with Gasteiger partial charge in [0.2, 0.25) is 0 Å². The molecule has 1 heterocycles. The Morgan fingerprint density at radius 1 is 1.41 bits per heavy atom. The lowest BCUT2D eigenvalue weighted by atomic mass is 10.2. The van der Waals surface area contributed by atoms with E-state index in [-0.39, 0.29) is 24.0 Å². The van der Waals surface area contributed by atoms with E-state index in [0.29, 0.717) is 0 Å². The smallest absolute Gasteiger partial charge is 0.198 e. The molecule has 17 heavy (non-hydrogen) atoms. The Labute approximate surface area is 120 Å². The van der Waals surface area contributed by atoms with Crippen molar-refractivity contribution in [2.75, 3.05) is 25.0 Å². The van der Waals surface area contributed by atoms with Crippen LogP contribution < -0.4 is 10.2 Å². The summed E-state index contributed by atoms with van der Waals surface area (Å²) in [6.45, 7) is 4.17. The fourth-order valence-corrected chi connectivity index (χ4v) is 2.09. The summed E-state index contributed by atoms with van der Waals surface area (Å²) in [7, 11) is 1.85. The van der Waals surface area contributed by atoms with Gasteiger partial charge in [-0.3, -0.25) is 4.99 Å². The standard InChI is InChI=1S/C13H19N3.HI/c1-3-9-15-13(14-2)16-10-8-11-6-4-5-7-12(11)16;/h4-7H,3,8-10H2,1-2H3,(H,14,15);1H. The largest absolute Gasteiger partial charge is 0.356 e. The van der Waals surface area contributed by atoms with Crippen LogP contribution in [-0.2, 0) is 6.42 Å². The maximum absolute atomic E-state index is 4.34. The summed E-state index contributed by atoms with van der Waals surface area (Å²) in [5, 5.41) is 3.38. The number of fused-ring (bicyclic) bond motifs is 1. The van der Waals surface area contributed by atoms with Crippen molar-refractivity contribution < 1.29 is 0 Å². The number of aliphatic imine (C=N–C) groups is 1. The first-order chi connectivity index (χ1) is 7.86. The molecule has 0 fully saturated rings. The van der Waals surface area contributed by atoms with Crippen LogP contribution in [0.1, 0.15) is 18.9 Å². The van der Waals surface area contributed by atoms with E-state index in [9.17, 15) is 0 Å². The molecular weight excluding hydrogens is 325 g/mol. The van der Waals surface area contributed by atoms with Crippen LogP contribution in [0.15, 0.2) is 29.3 Å². The van der Waals surface area contributed by atoms with Crippen LogP contribution in [0.4, 0.5) is 5.69 Å². The van der Waals surface area contributed by atoms with Crippen LogP contribution in [0.5, 0.6) is 0 Å². The molecule has 0 aromatic heterocycles. The van der Waals surface area contributed by atoms with Crippen molar-refractivity contribution in [3.63, 3.8) is 0 Å². The van der Waals surface area contributed by atoms with Crippen molar-refractivity contribution in [2.45, 2.75) is 19.8 Å². The molecule has 3 nitrogen and oxygen atoms in total. The summed E-state index contributed by atoms with van der Waals surface area (Å²) < 4.78 is 0.